The van der Waals surface area contributed by atoms with E-state index in [9.17, 15) is 19.4 Å². The normalized spacial score (nSPS) is 25.1. The molecule has 0 spiro atoms. The average molecular weight is 432 g/mol. The van der Waals surface area contributed by atoms with E-state index in [4.69, 9.17) is 9.47 Å². The minimum atomic E-state index is -1.21. The third-order valence-electron chi connectivity index (χ3n) is 5.89. The molecule has 0 radical (unpaired) electrons. The molecule has 6 nitrogen and oxygen atoms in total. The van der Waals surface area contributed by atoms with Crippen molar-refractivity contribution in [3.63, 3.8) is 0 Å². The Bertz CT molecular complexity index is 932. The van der Waals surface area contributed by atoms with E-state index in [1.54, 1.807) is 24.3 Å². The summed E-state index contributed by atoms with van der Waals surface area (Å²) in [4.78, 5) is 11.2. The molecule has 1 fully saturated rings. The molecule has 0 unspecified atom stereocenters. The Labute approximate surface area is 182 Å². The van der Waals surface area contributed by atoms with Crippen LogP contribution in [0.25, 0.3) is 11.1 Å². The van der Waals surface area contributed by atoms with Gasteiger partial charge >= 0.3 is 0 Å². The molecule has 0 bridgehead atoms. The molecular formula is C24H30FNO5. The van der Waals surface area contributed by atoms with Gasteiger partial charge in [0, 0.05) is 19.4 Å². The highest BCUT2D eigenvalue weighted by Crippen LogP contribution is 2.36. The molecule has 0 aliphatic carbocycles. The molecule has 1 saturated heterocycles. The largest absolute Gasteiger partial charge is 0.462 e. The molecule has 3 N–H and O–H groups in total. The van der Waals surface area contributed by atoms with Gasteiger partial charge in [0.05, 0.1) is 11.7 Å². The number of hydrogen-bond donors (Lipinski definition) is 3. The Balaban J connectivity index is 1.89. The summed E-state index contributed by atoms with van der Waals surface area (Å²) in [6.45, 7) is 7.39. The van der Waals surface area contributed by atoms with Crippen molar-refractivity contribution in [1.82, 2.24) is 5.32 Å². The lowest BCUT2D eigenvalue weighted by Gasteiger charge is -2.46. The van der Waals surface area contributed by atoms with E-state index in [1.807, 2.05) is 26.8 Å². The van der Waals surface area contributed by atoms with Crippen molar-refractivity contribution >= 4 is 5.91 Å². The summed E-state index contributed by atoms with van der Waals surface area (Å²) >= 11 is 0. The quantitative estimate of drug-likeness (QED) is 0.654. The monoisotopic (exact) mass is 431 g/mol. The van der Waals surface area contributed by atoms with Gasteiger partial charge in [0.1, 0.15) is 17.7 Å². The fourth-order valence-corrected chi connectivity index (χ4v) is 3.72. The Morgan fingerprint density at radius 1 is 1.19 bits per heavy atom. The van der Waals surface area contributed by atoms with Crippen LogP contribution in [-0.4, -0.2) is 46.8 Å². The molecule has 7 heteroatoms. The molecule has 2 aromatic carbocycles. The highest BCUT2D eigenvalue weighted by atomic mass is 19.1. The number of carbonyl (C=O) groups is 1. The van der Waals surface area contributed by atoms with Crippen molar-refractivity contribution in [2.45, 2.75) is 58.2 Å². The second-order valence-electron chi connectivity index (χ2n) is 8.54. The van der Waals surface area contributed by atoms with Gasteiger partial charge in [0.15, 0.2) is 0 Å². The zero-order valence-corrected chi connectivity index (χ0v) is 18.3. The third kappa shape index (κ3) is 5.42. The first-order valence-electron chi connectivity index (χ1n) is 10.4. The molecule has 0 aromatic heterocycles. The van der Waals surface area contributed by atoms with E-state index in [-0.39, 0.29) is 17.6 Å². The van der Waals surface area contributed by atoms with Gasteiger partial charge < -0.3 is 25.0 Å². The van der Waals surface area contributed by atoms with Gasteiger partial charge in [0.2, 0.25) is 12.2 Å². The number of carbonyl (C=O) groups excluding carboxylic acids is 1. The van der Waals surface area contributed by atoms with E-state index < -0.39 is 24.1 Å². The zero-order valence-electron chi connectivity index (χ0n) is 18.3. The summed E-state index contributed by atoms with van der Waals surface area (Å²) in [5.41, 5.74) is 1.64. The van der Waals surface area contributed by atoms with E-state index in [0.717, 1.165) is 11.1 Å². The van der Waals surface area contributed by atoms with Crippen LogP contribution in [0, 0.1) is 11.7 Å². The molecule has 1 amide bonds. The third-order valence-corrected chi connectivity index (χ3v) is 5.89. The smallest absolute Gasteiger partial charge is 0.229 e. The first kappa shape index (κ1) is 23.2. The van der Waals surface area contributed by atoms with Gasteiger partial charge in [-0.25, -0.2) is 4.39 Å². The van der Waals surface area contributed by atoms with Crippen LogP contribution in [-0.2, 0) is 16.0 Å². The summed E-state index contributed by atoms with van der Waals surface area (Å²) in [6.07, 6.45) is -2.70. The van der Waals surface area contributed by atoms with E-state index in [1.165, 1.54) is 19.1 Å². The molecule has 31 heavy (non-hydrogen) atoms. The van der Waals surface area contributed by atoms with Gasteiger partial charge in [-0.05, 0) is 61.2 Å². The summed E-state index contributed by atoms with van der Waals surface area (Å²) in [5.74, 6) is -0.335. The topological polar surface area (TPSA) is 88.0 Å². The van der Waals surface area contributed by atoms with Crippen LogP contribution in [0.2, 0.25) is 0 Å². The fourth-order valence-electron chi connectivity index (χ4n) is 3.72. The second kappa shape index (κ2) is 9.34. The summed E-state index contributed by atoms with van der Waals surface area (Å²) in [6, 6.07) is 11.6. The predicted octanol–water partition coefficient (Wildman–Crippen LogP) is 3.04. The molecule has 3 rings (SSSR count). The Morgan fingerprint density at radius 3 is 2.61 bits per heavy atom. The van der Waals surface area contributed by atoms with Gasteiger partial charge in [0.25, 0.3) is 0 Å². The Kier molecular flexibility index (Phi) is 6.99. The van der Waals surface area contributed by atoms with Crippen LogP contribution in [0.15, 0.2) is 42.5 Å². The van der Waals surface area contributed by atoms with Crippen LogP contribution >= 0.6 is 0 Å². The van der Waals surface area contributed by atoms with Gasteiger partial charge in [-0.15, -0.1) is 0 Å². The number of aliphatic hydroxyl groups is 2. The number of amides is 1. The molecular weight excluding hydrogens is 401 g/mol. The second-order valence-corrected chi connectivity index (χ2v) is 8.54. The van der Waals surface area contributed by atoms with Crippen LogP contribution in [0.1, 0.15) is 33.3 Å². The van der Waals surface area contributed by atoms with Crippen molar-refractivity contribution in [2.24, 2.45) is 5.92 Å². The summed E-state index contributed by atoms with van der Waals surface area (Å²) < 4.78 is 25.7. The molecule has 1 aliphatic heterocycles. The van der Waals surface area contributed by atoms with Crippen molar-refractivity contribution in [3.8, 4) is 16.9 Å². The SMILES string of the molecule is CC(=O)NCCc1ccc(O[C@@H]2OC(C)(C)[C@H](C)[C@@H](O)[C@H]2O)cc1-c1cccc(F)c1. The highest BCUT2D eigenvalue weighted by molar-refractivity contribution is 5.73. The standard InChI is InChI=1S/C24H30FNO5/c1-14-21(28)22(29)23(31-24(14,3)4)30-19-9-8-16(10-11-26-15(2)27)20(13-19)17-6-5-7-18(25)12-17/h5-9,12-14,21-23,28-29H,10-11H2,1-4H3,(H,26,27)/t14-,21-,22-,23-/m1/s1. The maximum absolute atomic E-state index is 13.9. The predicted molar refractivity (Wildman–Crippen MR) is 115 cm³/mol. The van der Waals surface area contributed by atoms with E-state index in [0.29, 0.717) is 24.3 Å². The van der Waals surface area contributed by atoms with Crippen LogP contribution < -0.4 is 10.1 Å². The number of hydrogen-bond acceptors (Lipinski definition) is 5. The Morgan fingerprint density at radius 2 is 1.94 bits per heavy atom. The Hall–Kier alpha value is -2.48. The van der Waals surface area contributed by atoms with Crippen LogP contribution in [0.5, 0.6) is 5.75 Å². The number of halogens is 1. The number of nitrogens with one attached hydrogen (secondary N) is 1. The highest BCUT2D eigenvalue weighted by Gasteiger charge is 2.47. The molecule has 2 aromatic rings. The average Bonchev–Trinajstić information content (AvgIpc) is 2.71. The minimum Gasteiger partial charge on any atom is -0.462 e. The maximum atomic E-state index is 13.9. The van der Waals surface area contributed by atoms with Gasteiger partial charge in [-0.1, -0.05) is 25.1 Å². The van der Waals surface area contributed by atoms with Crippen molar-refractivity contribution < 1.29 is 28.9 Å². The van der Waals surface area contributed by atoms with Crippen molar-refractivity contribution in [1.29, 1.82) is 0 Å². The first-order valence-corrected chi connectivity index (χ1v) is 10.4. The van der Waals surface area contributed by atoms with E-state index >= 15 is 0 Å². The first-order chi connectivity index (χ1) is 14.6. The maximum Gasteiger partial charge on any atom is 0.229 e. The number of benzene rings is 2. The summed E-state index contributed by atoms with van der Waals surface area (Å²) in [5, 5.41) is 23.6. The summed E-state index contributed by atoms with van der Waals surface area (Å²) in [7, 11) is 0. The number of rotatable bonds is 6. The lowest BCUT2D eigenvalue weighted by atomic mass is 9.82. The van der Waals surface area contributed by atoms with Gasteiger partial charge in [-0.2, -0.15) is 0 Å². The van der Waals surface area contributed by atoms with Gasteiger partial charge in [-0.3, -0.25) is 4.79 Å². The molecule has 0 saturated carbocycles. The van der Waals surface area contributed by atoms with Crippen molar-refractivity contribution in [3.05, 3.63) is 53.8 Å². The van der Waals surface area contributed by atoms with Crippen LogP contribution in [0.3, 0.4) is 0 Å². The molecule has 1 heterocycles. The molecule has 168 valence electrons. The lowest BCUT2D eigenvalue weighted by molar-refractivity contribution is -0.284. The van der Waals surface area contributed by atoms with Crippen LogP contribution in [0.4, 0.5) is 4.39 Å². The van der Waals surface area contributed by atoms with Crippen molar-refractivity contribution in [2.75, 3.05) is 6.54 Å². The molecule has 1 aliphatic rings. The fraction of sp³-hybridized carbons (Fsp3) is 0.458. The zero-order chi connectivity index (χ0) is 22.8. The van der Waals surface area contributed by atoms with E-state index in [2.05, 4.69) is 5.32 Å². The number of aliphatic hydroxyl groups excluding tert-OH is 2. The molecule has 4 atom stereocenters. The minimum absolute atomic E-state index is 0.119. The number of ether oxygens (including phenoxy) is 2. The lowest BCUT2D eigenvalue weighted by Crippen LogP contribution is -2.59.